The quantitative estimate of drug-likeness (QED) is 0.773. The van der Waals surface area contributed by atoms with Crippen LogP contribution < -0.4 is 5.73 Å². The lowest BCUT2D eigenvalue weighted by atomic mass is 9.94. The van der Waals surface area contributed by atoms with Crippen molar-refractivity contribution in [3.8, 4) is 0 Å². The highest BCUT2D eigenvalue weighted by Gasteiger charge is 2.48. The van der Waals surface area contributed by atoms with E-state index in [1.807, 2.05) is 11.8 Å². The van der Waals surface area contributed by atoms with E-state index in [4.69, 9.17) is 5.73 Å². The average Bonchev–Trinajstić information content (AvgIpc) is 3.04. The summed E-state index contributed by atoms with van der Waals surface area (Å²) in [7, 11) is 0. The summed E-state index contributed by atoms with van der Waals surface area (Å²) in [5, 5.41) is 0. The van der Waals surface area contributed by atoms with Gasteiger partial charge in [0.25, 0.3) is 0 Å². The lowest BCUT2D eigenvalue weighted by Crippen LogP contribution is -2.56. The Balaban J connectivity index is 2.03. The highest BCUT2D eigenvalue weighted by molar-refractivity contribution is 5.87. The van der Waals surface area contributed by atoms with Crippen molar-refractivity contribution in [1.29, 1.82) is 0 Å². The minimum atomic E-state index is -0.614. The maximum atomic E-state index is 12.5. The van der Waals surface area contributed by atoms with E-state index >= 15 is 0 Å². The molecule has 0 aliphatic heterocycles. The van der Waals surface area contributed by atoms with Crippen LogP contribution >= 0.6 is 0 Å². The van der Waals surface area contributed by atoms with Crippen LogP contribution in [-0.2, 0) is 4.79 Å². The first kappa shape index (κ1) is 11.9. The summed E-state index contributed by atoms with van der Waals surface area (Å²) in [5.74, 6) is 1.14. The lowest BCUT2D eigenvalue weighted by Gasteiger charge is -2.33. The zero-order valence-corrected chi connectivity index (χ0v) is 10.7. The van der Waals surface area contributed by atoms with Crippen molar-refractivity contribution in [3.05, 3.63) is 0 Å². The number of nitrogens with zero attached hydrogens (tertiary/aromatic N) is 1. The van der Waals surface area contributed by atoms with E-state index in [1.54, 1.807) is 0 Å². The second-order valence-corrected chi connectivity index (χ2v) is 6.14. The molecule has 0 heterocycles. The molecule has 3 nitrogen and oxygen atoms in total. The molecule has 16 heavy (non-hydrogen) atoms. The smallest absolute Gasteiger partial charge is 0.242 e. The molecule has 2 fully saturated rings. The van der Waals surface area contributed by atoms with Gasteiger partial charge in [0.2, 0.25) is 5.91 Å². The summed E-state index contributed by atoms with van der Waals surface area (Å²) in [4.78, 5) is 14.5. The summed E-state index contributed by atoms with van der Waals surface area (Å²) in [6.45, 7) is 7.10. The SMILES string of the molecule is CC(C)CN(C(=O)C(C)(N)C1CC1)C1CC1. The van der Waals surface area contributed by atoms with Gasteiger partial charge in [-0.25, -0.2) is 0 Å². The molecule has 0 bridgehead atoms. The number of hydrogen-bond donors (Lipinski definition) is 1. The standard InChI is InChI=1S/C13H24N2O/c1-9(2)8-15(11-6-7-11)12(16)13(3,14)10-4-5-10/h9-11H,4-8,14H2,1-3H3. The second kappa shape index (κ2) is 4.02. The van der Waals surface area contributed by atoms with Crippen molar-refractivity contribution in [2.24, 2.45) is 17.6 Å². The van der Waals surface area contributed by atoms with E-state index in [0.717, 1.165) is 19.4 Å². The van der Waals surface area contributed by atoms with Gasteiger partial charge in [0.05, 0.1) is 5.54 Å². The number of rotatable bonds is 5. The Bertz CT molecular complexity index is 278. The molecule has 1 unspecified atom stereocenters. The Hall–Kier alpha value is -0.570. The molecule has 2 aliphatic rings. The van der Waals surface area contributed by atoms with Crippen LogP contribution in [0, 0.1) is 11.8 Å². The van der Waals surface area contributed by atoms with Crippen LogP contribution in [0.15, 0.2) is 0 Å². The zero-order valence-electron chi connectivity index (χ0n) is 10.7. The monoisotopic (exact) mass is 224 g/mol. The number of amides is 1. The van der Waals surface area contributed by atoms with Crippen LogP contribution in [0.1, 0.15) is 46.5 Å². The maximum absolute atomic E-state index is 12.5. The first-order chi connectivity index (χ1) is 7.43. The molecule has 2 N–H and O–H groups in total. The molecule has 2 rings (SSSR count). The van der Waals surface area contributed by atoms with Crippen molar-refractivity contribution in [3.63, 3.8) is 0 Å². The molecule has 1 amide bonds. The molecule has 2 aliphatic carbocycles. The van der Waals surface area contributed by atoms with Crippen LogP contribution in [0.2, 0.25) is 0 Å². The van der Waals surface area contributed by atoms with Gasteiger partial charge in [0.1, 0.15) is 0 Å². The Morgan fingerprint density at radius 2 is 1.94 bits per heavy atom. The Morgan fingerprint density at radius 3 is 2.31 bits per heavy atom. The molecule has 0 saturated heterocycles. The number of hydrogen-bond acceptors (Lipinski definition) is 2. The van der Waals surface area contributed by atoms with Gasteiger partial charge in [0, 0.05) is 12.6 Å². The molecule has 0 aromatic heterocycles. The van der Waals surface area contributed by atoms with Crippen molar-refractivity contribution < 1.29 is 4.79 Å². The summed E-state index contributed by atoms with van der Waals surface area (Å²) >= 11 is 0. The van der Waals surface area contributed by atoms with Crippen LogP contribution in [0.25, 0.3) is 0 Å². The van der Waals surface area contributed by atoms with Gasteiger partial charge in [-0.2, -0.15) is 0 Å². The number of nitrogens with two attached hydrogens (primary N) is 1. The predicted molar refractivity (Wildman–Crippen MR) is 64.9 cm³/mol. The van der Waals surface area contributed by atoms with Crippen LogP contribution in [0.3, 0.4) is 0 Å². The van der Waals surface area contributed by atoms with Crippen molar-refractivity contribution >= 4 is 5.91 Å². The molecule has 92 valence electrons. The topological polar surface area (TPSA) is 46.3 Å². The zero-order chi connectivity index (χ0) is 11.9. The van der Waals surface area contributed by atoms with E-state index < -0.39 is 5.54 Å². The normalized spacial score (nSPS) is 24.3. The first-order valence-corrected chi connectivity index (χ1v) is 6.53. The average molecular weight is 224 g/mol. The van der Waals surface area contributed by atoms with Gasteiger partial charge >= 0.3 is 0 Å². The maximum Gasteiger partial charge on any atom is 0.242 e. The van der Waals surface area contributed by atoms with Crippen molar-refractivity contribution in [1.82, 2.24) is 4.90 Å². The summed E-state index contributed by atoms with van der Waals surface area (Å²) in [6.07, 6.45) is 4.58. The van der Waals surface area contributed by atoms with E-state index in [0.29, 0.717) is 17.9 Å². The van der Waals surface area contributed by atoms with Gasteiger partial charge in [-0.3, -0.25) is 4.79 Å². The molecular formula is C13H24N2O. The Morgan fingerprint density at radius 1 is 1.38 bits per heavy atom. The van der Waals surface area contributed by atoms with Crippen molar-refractivity contribution in [2.75, 3.05) is 6.54 Å². The van der Waals surface area contributed by atoms with Crippen molar-refractivity contribution in [2.45, 2.75) is 58.0 Å². The van der Waals surface area contributed by atoms with Crippen LogP contribution in [0.5, 0.6) is 0 Å². The van der Waals surface area contributed by atoms with Gasteiger partial charge in [-0.1, -0.05) is 13.8 Å². The molecule has 1 atom stereocenters. The number of carbonyl (C=O) groups is 1. The molecule has 0 spiro atoms. The third kappa shape index (κ3) is 2.40. The fourth-order valence-corrected chi connectivity index (χ4v) is 2.34. The Kier molecular flexibility index (Phi) is 2.99. The van der Waals surface area contributed by atoms with E-state index in [1.165, 1.54) is 12.8 Å². The predicted octanol–water partition coefficient (Wildman–Crippen LogP) is 1.76. The third-order valence-electron chi connectivity index (χ3n) is 3.70. The minimum absolute atomic E-state index is 0.186. The fraction of sp³-hybridized carbons (Fsp3) is 0.923. The Labute approximate surface area is 98.4 Å². The molecule has 3 heteroatoms. The molecule has 0 aromatic rings. The van der Waals surface area contributed by atoms with E-state index in [2.05, 4.69) is 13.8 Å². The lowest BCUT2D eigenvalue weighted by molar-refractivity contribution is -0.138. The second-order valence-electron chi connectivity index (χ2n) is 6.14. The summed E-state index contributed by atoms with van der Waals surface area (Å²) < 4.78 is 0. The summed E-state index contributed by atoms with van der Waals surface area (Å²) in [6, 6.07) is 0.483. The first-order valence-electron chi connectivity index (χ1n) is 6.53. The van der Waals surface area contributed by atoms with Crippen LogP contribution in [0.4, 0.5) is 0 Å². The minimum Gasteiger partial charge on any atom is -0.338 e. The van der Waals surface area contributed by atoms with Gasteiger partial charge < -0.3 is 10.6 Å². The van der Waals surface area contributed by atoms with Crippen LogP contribution in [-0.4, -0.2) is 28.9 Å². The molecule has 0 radical (unpaired) electrons. The highest BCUT2D eigenvalue weighted by atomic mass is 16.2. The van der Waals surface area contributed by atoms with E-state index in [9.17, 15) is 4.79 Å². The highest BCUT2D eigenvalue weighted by Crippen LogP contribution is 2.40. The number of carbonyl (C=O) groups excluding carboxylic acids is 1. The summed E-state index contributed by atoms with van der Waals surface area (Å²) in [5.41, 5.74) is 5.60. The molecular weight excluding hydrogens is 200 g/mol. The largest absolute Gasteiger partial charge is 0.338 e. The van der Waals surface area contributed by atoms with Gasteiger partial charge in [-0.15, -0.1) is 0 Å². The third-order valence-corrected chi connectivity index (χ3v) is 3.70. The fourth-order valence-electron chi connectivity index (χ4n) is 2.34. The van der Waals surface area contributed by atoms with E-state index in [-0.39, 0.29) is 5.91 Å². The van der Waals surface area contributed by atoms with Gasteiger partial charge in [0.15, 0.2) is 0 Å². The molecule has 0 aromatic carbocycles. The molecule has 2 saturated carbocycles. The van der Waals surface area contributed by atoms with Gasteiger partial charge in [-0.05, 0) is 44.4 Å².